The minimum Gasteiger partial charge on any atom is -0.340 e. The molecule has 2 amide bonds. The van der Waals surface area contributed by atoms with E-state index in [9.17, 15) is 9.59 Å². The van der Waals surface area contributed by atoms with Crippen molar-refractivity contribution in [2.75, 3.05) is 46.3 Å². The van der Waals surface area contributed by atoms with Crippen molar-refractivity contribution in [3.8, 4) is 0 Å². The highest BCUT2D eigenvalue weighted by Gasteiger charge is 2.22. The van der Waals surface area contributed by atoms with Crippen LogP contribution in [-0.4, -0.2) is 82.8 Å². The molecule has 1 aliphatic heterocycles. The molecule has 1 fully saturated rings. The molecule has 2 aromatic rings. The number of likely N-dealkylation sites (N-methyl/N-ethyl adjacent to an activating group) is 2. The van der Waals surface area contributed by atoms with Crippen LogP contribution in [0, 0.1) is 0 Å². The van der Waals surface area contributed by atoms with Crippen LogP contribution in [0.4, 0.5) is 0 Å². The lowest BCUT2D eigenvalue weighted by molar-refractivity contribution is 0.0643. The molecule has 7 heteroatoms. The van der Waals surface area contributed by atoms with Crippen molar-refractivity contribution in [1.82, 2.24) is 24.7 Å². The molecular formula is C21H27N5O2. The van der Waals surface area contributed by atoms with E-state index in [0.29, 0.717) is 30.9 Å². The summed E-state index contributed by atoms with van der Waals surface area (Å²) in [5, 5.41) is 0. The summed E-state index contributed by atoms with van der Waals surface area (Å²) in [4.78, 5) is 39.5. The van der Waals surface area contributed by atoms with Gasteiger partial charge in [-0.25, -0.2) is 0 Å². The summed E-state index contributed by atoms with van der Waals surface area (Å²) in [5.41, 5.74) is 1.94. The van der Waals surface area contributed by atoms with Crippen LogP contribution >= 0.6 is 0 Å². The van der Waals surface area contributed by atoms with E-state index >= 15 is 0 Å². The molecule has 0 N–H and O–H groups in total. The third-order valence-corrected chi connectivity index (χ3v) is 5.16. The molecule has 3 heterocycles. The van der Waals surface area contributed by atoms with E-state index in [-0.39, 0.29) is 11.8 Å². The Hall–Kier alpha value is -2.80. The van der Waals surface area contributed by atoms with Gasteiger partial charge in [0.2, 0.25) is 0 Å². The van der Waals surface area contributed by atoms with Gasteiger partial charge in [-0.2, -0.15) is 0 Å². The maximum absolute atomic E-state index is 12.8. The molecule has 0 aromatic carbocycles. The van der Waals surface area contributed by atoms with E-state index in [0.717, 1.165) is 31.6 Å². The zero-order chi connectivity index (χ0) is 19.9. The first-order valence-corrected chi connectivity index (χ1v) is 9.70. The number of hydrogen-bond donors (Lipinski definition) is 0. The molecule has 0 atom stereocenters. The number of carbonyl (C=O) groups is 2. The summed E-state index contributed by atoms with van der Waals surface area (Å²) >= 11 is 0. The predicted molar refractivity (Wildman–Crippen MR) is 107 cm³/mol. The number of hydrogen-bond acceptors (Lipinski definition) is 5. The lowest BCUT2D eigenvalue weighted by Gasteiger charge is -2.34. The Labute approximate surface area is 166 Å². The molecule has 28 heavy (non-hydrogen) atoms. The number of piperazine rings is 1. The van der Waals surface area contributed by atoms with Crippen LogP contribution in [0.1, 0.15) is 33.3 Å². The molecule has 0 saturated carbocycles. The van der Waals surface area contributed by atoms with Crippen LogP contribution in [0.15, 0.2) is 42.9 Å². The topological polar surface area (TPSA) is 69.6 Å². The fraction of sp³-hybridized carbons (Fsp3) is 0.429. The number of aromatic nitrogens is 2. The Bertz CT molecular complexity index is 803. The van der Waals surface area contributed by atoms with Gasteiger partial charge in [-0.1, -0.05) is 6.92 Å². The van der Waals surface area contributed by atoms with Gasteiger partial charge in [0.1, 0.15) is 5.69 Å². The van der Waals surface area contributed by atoms with Gasteiger partial charge in [-0.15, -0.1) is 0 Å². The molecule has 0 spiro atoms. The van der Waals surface area contributed by atoms with Gasteiger partial charge >= 0.3 is 0 Å². The van der Waals surface area contributed by atoms with E-state index in [1.807, 2.05) is 17.0 Å². The standard InChI is InChI=1S/C21H27N5O2/c1-3-25-12-14-26(15-13-25)20(27)18-6-10-23-19(16-18)21(28)24(2)11-7-17-4-8-22-9-5-17/h4-6,8-10,16H,3,7,11-15H2,1-2H3. The Morgan fingerprint density at radius 1 is 1.07 bits per heavy atom. The van der Waals surface area contributed by atoms with Crippen LogP contribution in [0.25, 0.3) is 0 Å². The van der Waals surface area contributed by atoms with E-state index in [1.165, 1.54) is 0 Å². The van der Waals surface area contributed by atoms with Gasteiger partial charge in [-0.05, 0) is 42.8 Å². The van der Waals surface area contributed by atoms with Crippen molar-refractivity contribution < 1.29 is 9.59 Å². The number of carbonyl (C=O) groups excluding carboxylic acids is 2. The minimum atomic E-state index is -0.181. The summed E-state index contributed by atoms with van der Waals surface area (Å²) < 4.78 is 0. The first-order valence-electron chi connectivity index (χ1n) is 9.70. The maximum Gasteiger partial charge on any atom is 0.272 e. The molecule has 2 aromatic heterocycles. The summed E-state index contributed by atoms with van der Waals surface area (Å²) in [6.07, 6.45) is 5.77. The molecule has 3 rings (SSSR count). The van der Waals surface area contributed by atoms with Crippen LogP contribution in [0.3, 0.4) is 0 Å². The van der Waals surface area contributed by atoms with E-state index < -0.39 is 0 Å². The monoisotopic (exact) mass is 381 g/mol. The van der Waals surface area contributed by atoms with Gasteiger partial charge in [0, 0.05) is 63.9 Å². The molecule has 7 nitrogen and oxygen atoms in total. The SMILES string of the molecule is CCN1CCN(C(=O)c2ccnc(C(=O)N(C)CCc3ccncc3)c2)CC1. The Morgan fingerprint density at radius 2 is 1.79 bits per heavy atom. The second kappa shape index (κ2) is 9.41. The zero-order valence-corrected chi connectivity index (χ0v) is 16.5. The fourth-order valence-corrected chi connectivity index (χ4v) is 3.27. The Balaban J connectivity index is 1.61. The van der Waals surface area contributed by atoms with E-state index in [1.54, 1.807) is 42.7 Å². The molecule has 148 valence electrons. The van der Waals surface area contributed by atoms with Crippen molar-refractivity contribution >= 4 is 11.8 Å². The molecular weight excluding hydrogens is 354 g/mol. The smallest absolute Gasteiger partial charge is 0.272 e. The number of amides is 2. The van der Waals surface area contributed by atoms with Crippen LogP contribution < -0.4 is 0 Å². The van der Waals surface area contributed by atoms with Gasteiger partial charge < -0.3 is 14.7 Å². The summed E-state index contributed by atoms with van der Waals surface area (Å²) in [5.74, 6) is -0.217. The van der Waals surface area contributed by atoms with Crippen LogP contribution in [0.2, 0.25) is 0 Å². The predicted octanol–water partition coefficient (Wildman–Crippen LogP) is 1.57. The normalized spacial score (nSPS) is 14.7. The number of nitrogens with zero attached hydrogens (tertiary/aromatic N) is 5. The fourth-order valence-electron chi connectivity index (χ4n) is 3.27. The van der Waals surface area contributed by atoms with Gasteiger partial charge in [0.15, 0.2) is 0 Å². The molecule has 0 unspecified atom stereocenters. The van der Waals surface area contributed by atoms with Crippen LogP contribution in [-0.2, 0) is 6.42 Å². The zero-order valence-electron chi connectivity index (χ0n) is 16.5. The average Bonchev–Trinajstić information content (AvgIpc) is 2.77. The Kier molecular flexibility index (Phi) is 6.71. The molecule has 0 radical (unpaired) electrons. The highest BCUT2D eigenvalue weighted by Crippen LogP contribution is 2.11. The second-order valence-corrected chi connectivity index (χ2v) is 6.99. The van der Waals surface area contributed by atoms with Crippen molar-refractivity contribution in [3.05, 3.63) is 59.7 Å². The van der Waals surface area contributed by atoms with Gasteiger partial charge in [0.05, 0.1) is 0 Å². The molecule has 1 saturated heterocycles. The molecule has 0 bridgehead atoms. The first-order chi connectivity index (χ1) is 13.6. The van der Waals surface area contributed by atoms with Gasteiger partial charge in [-0.3, -0.25) is 19.6 Å². The summed E-state index contributed by atoms with van der Waals surface area (Å²) in [6, 6.07) is 7.17. The summed E-state index contributed by atoms with van der Waals surface area (Å²) in [6.45, 7) is 6.90. The molecule has 0 aliphatic carbocycles. The third-order valence-electron chi connectivity index (χ3n) is 5.16. The second-order valence-electron chi connectivity index (χ2n) is 6.99. The first kappa shape index (κ1) is 19.9. The quantitative estimate of drug-likeness (QED) is 0.760. The number of pyridine rings is 2. The van der Waals surface area contributed by atoms with Crippen LogP contribution in [0.5, 0.6) is 0 Å². The summed E-state index contributed by atoms with van der Waals surface area (Å²) in [7, 11) is 1.75. The maximum atomic E-state index is 12.8. The number of rotatable bonds is 6. The lowest BCUT2D eigenvalue weighted by Crippen LogP contribution is -2.48. The van der Waals surface area contributed by atoms with Crippen molar-refractivity contribution in [2.24, 2.45) is 0 Å². The highest BCUT2D eigenvalue weighted by molar-refractivity contribution is 5.98. The van der Waals surface area contributed by atoms with Crippen molar-refractivity contribution in [1.29, 1.82) is 0 Å². The highest BCUT2D eigenvalue weighted by atomic mass is 16.2. The largest absolute Gasteiger partial charge is 0.340 e. The average molecular weight is 381 g/mol. The van der Waals surface area contributed by atoms with Gasteiger partial charge in [0.25, 0.3) is 11.8 Å². The van der Waals surface area contributed by atoms with E-state index in [2.05, 4.69) is 21.8 Å². The Morgan fingerprint density at radius 3 is 2.46 bits per heavy atom. The lowest BCUT2D eigenvalue weighted by atomic mass is 10.1. The van der Waals surface area contributed by atoms with E-state index in [4.69, 9.17) is 0 Å². The van der Waals surface area contributed by atoms with Crippen molar-refractivity contribution in [3.63, 3.8) is 0 Å². The third kappa shape index (κ3) is 4.92. The van der Waals surface area contributed by atoms with Crippen molar-refractivity contribution in [2.45, 2.75) is 13.3 Å². The molecule has 1 aliphatic rings. The minimum absolute atomic E-state index is 0.0355.